The molecule has 2 fully saturated rings. The van der Waals surface area contributed by atoms with Crippen LogP contribution in [0.25, 0.3) is 0 Å². The van der Waals surface area contributed by atoms with Crippen LogP contribution in [-0.4, -0.2) is 41.9 Å². The maximum atomic E-state index is 11.3. The molecule has 2 rings (SSSR count). The summed E-state index contributed by atoms with van der Waals surface area (Å²) in [6.45, 7) is 3.40. The van der Waals surface area contributed by atoms with Crippen LogP contribution in [0.3, 0.4) is 0 Å². The van der Waals surface area contributed by atoms with Crippen LogP contribution in [0.5, 0.6) is 0 Å². The zero-order valence-corrected chi connectivity index (χ0v) is 7.77. The topological polar surface area (TPSA) is 49.8 Å². The van der Waals surface area contributed by atoms with E-state index < -0.39 is 0 Å². The number of nitrogens with zero attached hydrogens (tertiary/aromatic N) is 1. The lowest BCUT2D eigenvalue weighted by molar-refractivity contribution is 0.0449. The van der Waals surface area contributed by atoms with Crippen molar-refractivity contribution in [3.05, 3.63) is 0 Å². The second-order valence-corrected chi connectivity index (χ2v) is 3.83. The van der Waals surface area contributed by atoms with Crippen LogP contribution in [0.1, 0.15) is 13.3 Å². The van der Waals surface area contributed by atoms with Crippen LogP contribution >= 0.6 is 0 Å². The monoisotopic (exact) mass is 185 g/mol. The third kappa shape index (κ3) is 1.63. The third-order valence-corrected chi connectivity index (χ3v) is 2.86. The number of carbonyl (C=O) groups is 1. The normalized spacial score (nSPS) is 36.8. The molecule has 1 aliphatic carbocycles. The number of fused-ring (bicyclic) bond motifs is 1. The van der Waals surface area contributed by atoms with Gasteiger partial charge in [0.1, 0.15) is 0 Å². The van der Waals surface area contributed by atoms with Crippen LogP contribution < -0.4 is 0 Å². The number of amides is 1. The van der Waals surface area contributed by atoms with E-state index in [1.807, 2.05) is 0 Å². The van der Waals surface area contributed by atoms with Crippen molar-refractivity contribution in [1.82, 2.24) is 4.90 Å². The molecule has 4 heteroatoms. The summed E-state index contributed by atoms with van der Waals surface area (Å²) in [7, 11) is 0. The van der Waals surface area contributed by atoms with Crippen molar-refractivity contribution >= 4 is 6.09 Å². The van der Waals surface area contributed by atoms with Crippen molar-refractivity contribution in [1.29, 1.82) is 0 Å². The Labute approximate surface area is 77.5 Å². The van der Waals surface area contributed by atoms with Gasteiger partial charge in [0, 0.05) is 6.54 Å². The van der Waals surface area contributed by atoms with Crippen molar-refractivity contribution in [2.24, 2.45) is 11.8 Å². The molecule has 0 bridgehead atoms. The average molecular weight is 185 g/mol. The zero-order chi connectivity index (χ0) is 9.42. The molecule has 1 N–H and O–H groups in total. The van der Waals surface area contributed by atoms with E-state index >= 15 is 0 Å². The predicted octanol–water partition coefficient (Wildman–Crippen LogP) is 0.456. The smallest absolute Gasteiger partial charge is 0.409 e. The van der Waals surface area contributed by atoms with Gasteiger partial charge in [-0.3, -0.25) is 0 Å². The van der Waals surface area contributed by atoms with Crippen LogP contribution in [0.4, 0.5) is 4.79 Å². The first kappa shape index (κ1) is 8.81. The fraction of sp³-hybridized carbons (Fsp3) is 0.889. The highest BCUT2D eigenvalue weighted by atomic mass is 16.6. The van der Waals surface area contributed by atoms with E-state index in [-0.39, 0.29) is 12.2 Å². The maximum Gasteiger partial charge on any atom is 0.409 e. The molecule has 3 atom stereocenters. The first-order valence-electron chi connectivity index (χ1n) is 4.82. The second-order valence-electron chi connectivity index (χ2n) is 3.83. The molecular formula is C9H15NO3. The molecule has 0 radical (unpaired) electrons. The molecule has 0 aromatic carbocycles. The van der Waals surface area contributed by atoms with E-state index in [1.165, 1.54) is 0 Å². The molecule has 1 saturated carbocycles. The Kier molecular flexibility index (Phi) is 2.15. The first-order valence-corrected chi connectivity index (χ1v) is 4.82. The minimum atomic E-state index is -0.330. The molecule has 1 heterocycles. The molecule has 1 amide bonds. The number of rotatable bonds is 1. The van der Waals surface area contributed by atoms with E-state index in [0.717, 1.165) is 13.0 Å². The van der Waals surface area contributed by atoms with Crippen LogP contribution in [0.15, 0.2) is 0 Å². The molecule has 74 valence electrons. The standard InChI is InChI=1S/C9H15NO3/c1-2-13-9(12)10-4-6-3-7(6)8(11)5-10/h6-8,11H,2-5H2,1H3. The average Bonchev–Trinajstić information content (AvgIpc) is 2.84. The molecule has 13 heavy (non-hydrogen) atoms. The third-order valence-electron chi connectivity index (χ3n) is 2.86. The highest BCUT2D eigenvalue weighted by molar-refractivity contribution is 5.68. The Balaban J connectivity index is 1.89. The van der Waals surface area contributed by atoms with E-state index in [4.69, 9.17) is 4.74 Å². The van der Waals surface area contributed by atoms with E-state index in [1.54, 1.807) is 11.8 Å². The van der Waals surface area contributed by atoms with Gasteiger partial charge in [0.2, 0.25) is 0 Å². The lowest BCUT2D eigenvalue weighted by atomic mass is 10.1. The Bertz CT molecular complexity index is 219. The number of aliphatic hydroxyl groups is 1. The Morgan fingerprint density at radius 3 is 3.00 bits per heavy atom. The number of carbonyl (C=O) groups excluding carboxylic acids is 1. The summed E-state index contributed by atoms with van der Waals surface area (Å²) in [5.41, 5.74) is 0. The van der Waals surface area contributed by atoms with Crippen LogP contribution in [-0.2, 0) is 4.74 Å². The lowest BCUT2D eigenvalue weighted by Crippen LogP contribution is -2.43. The van der Waals surface area contributed by atoms with Crippen molar-refractivity contribution < 1.29 is 14.6 Å². The molecule has 3 unspecified atom stereocenters. The number of ether oxygens (including phenoxy) is 1. The van der Waals surface area contributed by atoms with Gasteiger partial charge >= 0.3 is 6.09 Å². The number of hydrogen-bond donors (Lipinski definition) is 1. The zero-order valence-electron chi connectivity index (χ0n) is 7.77. The number of β-amino-alcohol motifs (C(OH)–C–C–N with tert-alkyl or cyclic N) is 1. The van der Waals surface area contributed by atoms with Gasteiger partial charge in [-0.25, -0.2) is 4.79 Å². The van der Waals surface area contributed by atoms with Gasteiger partial charge in [-0.05, 0) is 25.2 Å². The number of likely N-dealkylation sites (tertiary alicyclic amines) is 1. The SMILES string of the molecule is CCOC(=O)N1CC(O)C2CC2C1. The quantitative estimate of drug-likeness (QED) is 0.645. The Morgan fingerprint density at radius 2 is 2.38 bits per heavy atom. The summed E-state index contributed by atoms with van der Waals surface area (Å²) in [6.07, 6.45) is 0.451. The lowest BCUT2D eigenvalue weighted by Gasteiger charge is -2.28. The van der Waals surface area contributed by atoms with Gasteiger partial charge < -0.3 is 14.7 Å². The molecule has 4 nitrogen and oxygen atoms in total. The summed E-state index contributed by atoms with van der Waals surface area (Å²) in [5.74, 6) is 0.971. The fourth-order valence-electron chi connectivity index (χ4n) is 2.03. The van der Waals surface area contributed by atoms with E-state index in [9.17, 15) is 9.90 Å². The summed E-state index contributed by atoms with van der Waals surface area (Å²) in [5, 5.41) is 9.56. The Morgan fingerprint density at radius 1 is 1.62 bits per heavy atom. The van der Waals surface area contributed by atoms with Gasteiger partial charge in [-0.15, -0.1) is 0 Å². The molecule has 0 spiro atoms. The van der Waals surface area contributed by atoms with E-state index in [0.29, 0.717) is 25.0 Å². The first-order chi connectivity index (χ1) is 6.22. The van der Waals surface area contributed by atoms with Gasteiger partial charge in [-0.2, -0.15) is 0 Å². The summed E-state index contributed by atoms with van der Waals surface area (Å²) in [6, 6.07) is 0. The van der Waals surface area contributed by atoms with E-state index in [2.05, 4.69) is 0 Å². The number of hydrogen-bond acceptors (Lipinski definition) is 3. The number of piperidine rings is 1. The highest BCUT2D eigenvalue weighted by Crippen LogP contribution is 2.44. The van der Waals surface area contributed by atoms with Crippen molar-refractivity contribution in [3.8, 4) is 0 Å². The highest BCUT2D eigenvalue weighted by Gasteiger charge is 2.48. The van der Waals surface area contributed by atoms with Gasteiger partial charge in [-0.1, -0.05) is 0 Å². The van der Waals surface area contributed by atoms with Crippen molar-refractivity contribution in [2.45, 2.75) is 19.4 Å². The second kappa shape index (κ2) is 3.18. The molecule has 0 aromatic rings. The van der Waals surface area contributed by atoms with Crippen molar-refractivity contribution in [2.75, 3.05) is 19.7 Å². The molecule has 2 aliphatic rings. The predicted molar refractivity (Wildman–Crippen MR) is 46.2 cm³/mol. The van der Waals surface area contributed by atoms with Gasteiger partial charge in [0.05, 0.1) is 19.3 Å². The van der Waals surface area contributed by atoms with Crippen molar-refractivity contribution in [3.63, 3.8) is 0 Å². The summed E-state index contributed by atoms with van der Waals surface area (Å²) >= 11 is 0. The van der Waals surface area contributed by atoms with Crippen LogP contribution in [0, 0.1) is 11.8 Å². The fourth-order valence-corrected chi connectivity index (χ4v) is 2.03. The largest absolute Gasteiger partial charge is 0.450 e. The molecule has 1 saturated heterocycles. The molecule has 1 aliphatic heterocycles. The minimum Gasteiger partial charge on any atom is -0.450 e. The summed E-state index contributed by atoms with van der Waals surface area (Å²) < 4.78 is 4.87. The number of aliphatic hydroxyl groups excluding tert-OH is 1. The van der Waals surface area contributed by atoms with Crippen LogP contribution in [0.2, 0.25) is 0 Å². The van der Waals surface area contributed by atoms with Gasteiger partial charge in [0.25, 0.3) is 0 Å². The minimum absolute atomic E-state index is 0.285. The Hall–Kier alpha value is -0.770. The van der Waals surface area contributed by atoms with Gasteiger partial charge in [0.15, 0.2) is 0 Å². The maximum absolute atomic E-state index is 11.3. The summed E-state index contributed by atoms with van der Waals surface area (Å²) in [4.78, 5) is 12.9. The molecule has 0 aromatic heterocycles. The molecular weight excluding hydrogens is 170 g/mol.